The zero-order valence-electron chi connectivity index (χ0n) is 12.7. The Labute approximate surface area is 146 Å². The van der Waals surface area contributed by atoms with Gasteiger partial charge >= 0.3 is 0 Å². The number of anilines is 2. The Hall–Kier alpha value is -1.24. The van der Waals surface area contributed by atoms with Crippen LogP contribution in [0.5, 0.6) is 0 Å². The molecule has 1 fully saturated rings. The number of nitrogens with zero attached hydrogens (tertiary/aromatic N) is 1. The fraction of sp³-hybridized carbons (Fsp3) is 0.375. The van der Waals surface area contributed by atoms with Gasteiger partial charge in [0.25, 0.3) is 10.0 Å². The van der Waals surface area contributed by atoms with E-state index in [2.05, 4.69) is 9.62 Å². The van der Waals surface area contributed by atoms with Gasteiger partial charge in [-0.25, -0.2) is 8.42 Å². The van der Waals surface area contributed by atoms with Crippen LogP contribution < -0.4 is 9.62 Å². The number of hydrogen-bond acceptors (Lipinski definition) is 4. The molecule has 1 aliphatic rings. The van der Waals surface area contributed by atoms with Crippen LogP contribution in [0.1, 0.15) is 25.7 Å². The number of rotatable bonds is 4. The van der Waals surface area contributed by atoms with E-state index in [-0.39, 0.29) is 4.21 Å². The Bertz CT molecular complexity index is 749. The molecular weight excluding hydrogens is 352 g/mol. The first kappa shape index (κ1) is 16.6. The summed E-state index contributed by atoms with van der Waals surface area (Å²) in [4.78, 5) is 2.37. The number of nitrogens with one attached hydrogen (secondary N) is 1. The molecule has 1 aromatic carbocycles. The third-order valence-electron chi connectivity index (χ3n) is 3.90. The maximum atomic E-state index is 12.3. The van der Waals surface area contributed by atoms with Crippen LogP contribution >= 0.6 is 22.9 Å². The van der Waals surface area contributed by atoms with E-state index >= 15 is 0 Å². The smallest absolute Gasteiger partial charge is 0.271 e. The van der Waals surface area contributed by atoms with E-state index < -0.39 is 10.0 Å². The Kier molecular flexibility index (Phi) is 5.14. The average Bonchev–Trinajstić information content (AvgIpc) is 2.81. The lowest BCUT2D eigenvalue weighted by Crippen LogP contribution is -2.23. The summed E-state index contributed by atoms with van der Waals surface area (Å²) < 4.78 is 27.8. The van der Waals surface area contributed by atoms with Gasteiger partial charge in [0.15, 0.2) is 0 Å². The predicted octanol–water partition coefficient (Wildman–Crippen LogP) is 4.58. The van der Waals surface area contributed by atoms with Crippen molar-refractivity contribution >= 4 is 44.3 Å². The van der Waals surface area contributed by atoms with Crippen molar-refractivity contribution in [1.29, 1.82) is 0 Å². The molecule has 2 heterocycles. The Morgan fingerprint density at radius 3 is 2.17 bits per heavy atom. The van der Waals surface area contributed by atoms with E-state index in [1.54, 1.807) is 6.07 Å². The van der Waals surface area contributed by atoms with Gasteiger partial charge in [-0.05, 0) is 49.2 Å². The maximum absolute atomic E-state index is 12.3. The molecule has 0 radical (unpaired) electrons. The lowest BCUT2D eigenvalue weighted by molar-refractivity contribution is 0.603. The zero-order valence-corrected chi connectivity index (χ0v) is 15.1. The molecule has 1 saturated heterocycles. The minimum absolute atomic E-state index is 0.221. The molecule has 0 unspecified atom stereocenters. The second-order valence-electron chi connectivity index (χ2n) is 5.61. The van der Waals surface area contributed by atoms with Crippen molar-refractivity contribution in [2.75, 3.05) is 22.7 Å². The third-order valence-corrected chi connectivity index (χ3v) is 7.01. The summed E-state index contributed by atoms with van der Waals surface area (Å²) in [5, 5.41) is 0. The molecule has 0 aliphatic carbocycles. The van der Waals surface area contributed by atoms with E-state index in [4.69, 9.17) is 11.6 Å². The van der Waals surface area contributed by atoms with Crippen LogP contribution in [0.15, 0.2) is 40.6 Å². The van der Waals surface area contributed by atoms with Crippen molar-refractivity contribution in [2.24, 2.45) is 0 Å². The van der Waals surface area contributed by atoms with Gasteiger partial charge < -0.3 is 4.90 Å². The molecule has 3 rings (SSSR count). The van der Waals surface area contributed by atoms with E-state index in [9.17, 15) is 8.42 Å². The molecule has 23 heavy (non-hydrogen) atoms. The zero-order chi connectivity index (χ0) is 16.3. The highest BCUT2D eigenvalue weighted by molar-refractivity contribution is 7.94. The molecule has 1 N–H and O–H groups in total. The van der Waals surface area contributed by atoms with Gasteiger partial charge in [-0.2, -0.15) is 0 Å². The molecule has 0 spiro atoms. The fourth-order valence-corrected chi connectivity index (χ4v) is 5.26. The Morgan fingerprint density at radius 2 is 1.61 bits per heavy atom. The highest BCUT2D eigenvalue weighted by Gasteiger charge is 2.17. The lowest BCUT2D eigenvalue weighted by atomic mass is 10.2. The number of halogens is 1. The molecule has 124 valence electrons. The van der Waals surface area contributed by atoms with Gasteiger partial charge in [-0.1, -0.05) is 24.4 Å². The van der Waals surface area contributed by atoms with Crippen LogP contribution in [-0.4, -0.2) is 21.5 Å². The predicted molar refractivity (Wildman–Crippen MR) is 97.3 cm³/mol. The number of hydrogen-bond donors (Lipinski definition) is 1. The van der Waals surface area contributed by atoms with E-state index in [1.807, 2.05) is 24.3 Å². The summed E-state index contributed by atoms with van der Waals surface area (Å²) in [6, 6.07) is 10.7. The second-order valence-corrected chi connectivity index (χ2v) is 9.24. The molecule has 1 aromatic heterocycles. The summed E-state index contributed by atoms with van der Waals surface area (Å²) in [6.07, 6.45) is 5.01. The van der Waals surface area contributed by atoms with Gasteiger partial charge in [0.1, 0.15) is 4.21 Å². The quantitative estimate of drug-likeness (QED) is 0.856. The standard InChI is InChI=1S/C16H19ClN2O2S2/c17-15-9-10-16(22-15)23(20,21)18-13-5-7-14(8-6-13)19-11-3-1-2-4-12-19/h5-10,18H,1-4,11-12H2. The maximum Gasteiger partial charge on any atom is 0.271 e. The molecule has 0 bridgehead atoms. The summed E-state index contributed by atoms with van der Waals surface area (Å²) in [5.41, 5.74) is 1.71. The topological polar surface area (TPSA) is 49.4 Å². The number of sulfonamides is 1. The first-order valence-corrected chi connectivity index (χ1v) is 10.4. The van der Waals surface area contributed by atoms with Crippen LogP contribution in [0.4, 0.5) is 11.4 Å². The van der Waals surface area contributed by atoms with Crippen LogP contribution in [0, 0.1) is 0 Å². The van der Waals surface area contributed by atoms with E-state index in [1.165, 1.54) is 31.7 Å². The van der Waals surface area contributed by atoms with Gasteiger partial charge in [-0.15, -0.1) is 11.3 Å². The van der Waals surface area contributed by atoms with Gasteiger partial charge in [-0.3, -0.25) is 4.72 Å². The number of benzene rings is 1. The van der Waals surface area contributed by atoms with Crippen molar-refractivity contribution in [2.45, 2.75) is 29.9 Å². The molecular formula is C16H19ClN2O2S2. The van der Waals surface area contributed by atoms with Gasteiger partial charge in [0, 0.05) is 24.5 Å². The SMILES string of the molecule is O=S(=O)(Nc1ccc(N2CCCCCC2)cc1)c1ccc(Cl)s1. The lowest BCUT2D eigenvalue weighted by Gasteiger charge is -2.22. The third kappa shape index (κ3) is 4.19. The molecule has 0 saturated carbocycles. The van der Waals surface area contributed by atoms with Crippen molar-refractivity contribution in [3.8, 4) is 0 Å². The minimum atomic E-state index is -3.57. The fourth-order valence-electron chi connectivity index (χ4n) is 2.72. The van der Waals surface area contributed by atoms with Crippen LogP contribution in [0.2, 0.25) is 4.34 Å². The molecule has 7 heteroatoms. The largest absolute Gasteiger partial charge is 0.372 e. The van der Waals surface area contributed by atoms with Gasteiger partial charge in [0.05, 0.1) is 4.34 Å². The van der Waals surface area contributed by atoms with Crippen LogP contribution in [0.3, 0.4) is 0 Å². The average molecular weight is 371 g/mol. The van der Waals surface area contributed by atoms with Crippen molar-refractivity contribution < 1.29 is 8.42 Å². The minimum Gasteiger partial charge on any atom is -0.372 e. The summed E-state index contributed by atoms with van der Waals surface area (Å²) in [5.74, 6) is 0. The highest BCUT2D eigenvalue weighted by Crippen LogP contribution is 2.28. The van der Waals surface area contributed by atoms with E-state index in [0.717, 1.165) is 30.1 Å². The summed E-state index contributed by atoms with van der Waals surface area (Å²) in [6.45, 7) is 2.14. The van der Waals surface area contributed by atoms with Crippen LogP contribution in [-0.2, 0) is 10.0 Å². The summed E-state index contributed by atoms with van der Waals surface area (Å²) in [7, 11) is -3.57. The molecule has 0 amide bonds. The van der Waals surface area contributed by atoms with Crippen LogP contribution in [0.25, 0.3) is 0 Å². The molecule has 2 aromatic rings. The normalized spacial score (nSPS) is 16.1. The van der Waals surface area contributed by atoms with Crippen molar-refractivity contribution in [3.63, 3.8) is 0 Å². The number of thiophene rings is 1. The Balaban J connectivity index is 1.72. The molecule has 0 atom stereocenters. The highest BCUT2D eigenvalue weighted by atomic mass is 35.5. The Morgan fingerprint density at radius 1 is 0.957 bits per heavy atom. The second kappa shape index (κ2) is 7.11. The van der Waals surface area contributed by atoms with E-state index in [0.29, 0.717) is 10.0 Å². The van der Waals surface area contributed by atoms with Gasteiger partial charge in [0.2, 0.25) is 0 Å². The molecule has 1 aliphatic heterocycles. The monoisotopic (exact) mass is 370 g/mol. The molecule has 4 nitrogen and oxygen atoms in total. The first-order chi connectivity index (χ1) is 11.0. The summed E-state index contributed by atoms with van der Waals surface area (Å²) >= 11 is 6.86. The first-order valence-electron chi connectivity index (χ1n) is 7.68. The van der Waals surface area contributed by atoms with Crippen molar-refractivity contribution in [1.82, 2.24) is 0 Å². The van der Waals surface area contributed by atoms with Crippen molar-refractivity contribution in [3.05, 3.63) is 40.7 Å².